The number of rotatable bonds is 8. The van der Waals surface area contributed by atoms with Gasteiger partial charge in [0, 0.05) is 31.8 Å². The van der Waals surface area contributed by atoms with Crippen molar-refractivity contribution in [3.05, 3.63) is 47.9 Å². The number of hydrogen-bond acceptors (Lipinski definition) is 5. The van der Waals surface area contributed by atoms with E-state index in [-0.39, 0.29) is 6.54 Å². The van der Waals surface area contributed by atoms with Crippen molar-refractivity contribution in [1.82, 2.24) is 10.2 Å². The first-order valence-corrected chi connectivity index (χ1v) is 8.50. The number of aliphatic hydroxyl groups excluding tert-OH is 1. The lowest BCUT2D eigenvalue weighted by atomic mass is 10.2. The number of nitrogens with zero attached hydrogens (tertiary/aromatic N) is 2. The van der Waals surface area contributed by atoms with E-state index in [1.54, 1.807) is 26.4 Å². The maximum Gasteiger partial charge on any atom is 0.194 e. The summed E-state index contributed by atoms with van der Waals surface area (Å²) < 4.78 is 15.9. The Morgan fingerprint density at radius 1 is 1.31 bits per heavy atom. The van der Waals surface area contributed by atoms with Crippen molar-refractivity contribution < 1.29 is 19.0 Å². The molecule has 0 fully saturated rings. The van der Waals surface area contributed by atoms with Crippen LogP contribution < -0.4 is 14.8 Å². The maximum absolute atomic E-state index is 10.2. The van der Waals surface area contributed by atoms with Crippen molar-refractivity contribution >= 4 is 5.96 Å². The van der Waals surface area contributed by atoms with Crippen molar-refractivity contribution in [3.63, 3.8) is 0 Å². The molecule has 7 nitrogen and oxygen atoms in total. The summed E-state index contributed by atoms with van der Waals surface area (Å²) in [5.74, 6) is 2.69. The molecule has 0 aliphatic heterocycles. The standard InChI is InChI=1S/C19H27N3O4/c1-5-20-19(21-12-16(23)17-7-6-10-26-17)22(2)13-14-8-9-15(24-3)11-18(14)25-4/h6-11,16,23H,5,12-13H2,1-4H3,(H,20,21). The van der Waals surface area contributed by atoms with E-state index >= 15 is 0 Å². The SMILES string of the molecule is CCNC(=NCC(O)c1ccco1)N(C)Cc1ccc(OC)cc1OC. The Hall–Kier alpha value is -2.67. The highest BCUT2D eigenvalue weighted by Gasteiger charge is 2.14. The summed E-state index contributed by atoms with van der Waals surface area (Å²) in [6, 6.07) is 9.20. The average Bonchev–Trinajstić information content (AvgIpc) is 3.19. The van der Waals surface area contributed by atoms with Crippen LogP contribution >= 0.6 is 0 Å². The summed E-state index contributed by atoms with van der Waals surface area (Å²) in [4.78, 5) is 6.49. The quantitative estimate of drug-likeness (QED) is 0.555. The minimum atomic E-state index is -0.775. The minimum Gasteiger partial charge on any atom is -0.497 e. The number of aliphatic imine (C=N–C) groups is 1. The summed E-state index contributed by atoms with van der Waals surface area (Å²) in [6.45, 7) is 3.52. The van der Waals surface area contributed by atoms with Gasteiger partial charge in [0.05, 0.1) is 27.0 Å². The number of guanidine groups is 1. The molecule has 26 heavy (non-hydrogen) atoms. The molecule has 0 aliphatic rings. The molecule has 0 amide bonds. The Morgan fingerprint density at radius 3 is 2.73 bits per heavy atom. The van der Waals surface area contributed by atoms with Gasteiger partial charge in [-0.15, -0.1) is 0 Å². The number of hydrogen-bond donors (Lipinski definition) is 2. The highest BCUT2D eigenvalue weighted by atomic mass is 16.5. The summed E-state index contributed by atoms with van der Waals surface area (Å²) in [5, 5.41) is 13.4. The van der Waals surface area contributed by atoms with E-state index in [9.17, 15) is 5.11 Å². The number of furan rings is 1. The maximum atomic E-state index is 10.2. The molecule has 1 aromatic heterocycles. The largest absolute Gasteiger partial charge is 0.497 e. The third-order valence-electron chi connectivity index (χ3n) is 3.88. The van der Waals surface area contributed by atoms with Crippen molar-refractivity contribution in [2.45, 2.75) is 19.6 Å². The molecule has 1 unspecified atom stereocenters. The fraction of sp³-hybridized carbons (Fsp3) is 0.421. The van der Waals surface area contributed by atoms with Gasteiger partial charge in [0.1, 0.15) is 23.4 Å². The van der Waals surface area contributed by atoms with Gasteiger partial charge in [-0.25, -0.2) is 4.99 Å². The van der Waals surface area contributed by atoms with E-state index in [0.717, 1.165) is 23.6 Å². The van der Waals surface area contributed by atoms with Gasteiger partial charge in [-0.2, -0.15) is 0 Å². The molecule has 0 saturated carbocycles. The molecule has 2 rings (SSSR count). The van der Waals surface area contributed by atoms with Crippen LogP contribution in [0.2, 0.25) is 0 Å². The topological polar surface area (TPSA) is 79.5 Å². The van der Waals surface area contributed by atoms with Crippen LogP contribution in [0.15, 0.2) is 46.0 Å². The zero-order chi connectivity index (χ0) is 18.9. The first kappa shape index (κ1) is 19.7. The lowest BCUT2D eigenvalue weighted by molar-refractivity contribution is 0.158. The Bertz CT molecular complexity index is 701. The normalized spacial score (nSPS) is 12.6. The van der Waals surface area contributed by atoms with Crippen LogP contribution in [0.4, 0.5) is 0 Å². The van der Waals surface area contributed by atoms with Crippen molar-refractivity contribution in [1.29, 1.82) is 0 Å². The van der Waals surface area contributed by atoms with Crippen LogP contribution in [-0.2, 0) is 6.54 Å². The monoisotopic (exact) mass is 361 g/mol. The third-order valence-corrected chi connectivity index (χ3v) is 3.88. The molecule has 1 atom stereocenters. The van der Waals surface area contributed by atoms with Crippen molar-refractivity contribution in [3.8, 4) is 11.5 Å². The molecule has 142 valence electrons. The van der Waals surface area contributed by atoms with Crippen molar-refractivity contribution in [2.75, 3.05) is 34.4 Å². The average molecular weight is 361 g/mol. The Morgan fingerprint density at radius 2 is 2.12 bits per heavy atom. The molecule has 0 bridgehead atoms. The summed E-state index contributed by atoms with van der Waals surface area (Å²) >= 11 is 0. The van der Waals surface area contributed by atoms with Gasteiger partial charge in [-0.3, -0.25) is 0 Å². The summed E-state index contributed by atoms with van der Waals surface area (Å²) in [6.07, 6.45) is 0.762. The van der Waals surface area contributed by atoms with Crippen LogP contribution in [0.25, 0.3) is 0 Å². The number of methoxy groups -OCH3 is 2. The van der Waals surface area contributed by atoms with E-state index < -0.39 is 6.10 Å². The van der Waals surface area contributed by atoms with E-state index in [4.69, 9.17) is 13.9 Å². The van der Waals surface area contributed by atoms with Gasteiger partial charge < -0.3 is 29.2 Å². The number of benzene rings is 1. The second-order valence-corrected chi connectivity index (χ2v) is 5.76. The van der Waals surface area contributed by atoms with Crippen LogP contribution in [-0.4, -0.2) is 50.3 Å². The molecule has 2 aromatic rings. The van der Waals surface area contributed by atoms with Gasteiger partial charge >= 0.3 is 0 Å². The highest BCUT2D eigenvalue weighted by molar-refractivity contribution is 5.79. The molecule has 0 aliphatic carbocycles. The van der Waals surface area contributed by atoms with Gasteiger partial charge in [0.2, 0.25) is 0 Å². The summed E-state index contributed by atoms with van der Waals surface area (Å²) in [7, 11) is 5.20. The molecular weight excluding hydrogens is 334 g/mol. The van der Waals surface area contributed by atoms with E-state index in [2.05, 4.69) is 10.3 Å². The first-order valence-electron chi connectivity index (χ1n) is 8.50. The molecular formula is C19H27N3O4. The lowest BCUT2D eigenvalue weighted by Gasteiger charge is -2.23. The highest BCUT2D eigenvalue weighted by Crippen LogP contribution is 2.25. The number of ether oxygens (including phenoxy) is 2. The van der Waals surface area contributed by atoms with Crippen LogP contribution in [0.5, 0.6) is 11.5 Å². The molecule has 7 heteroatoms. The minimum absolute atomic E-state index is 0.208. The third kappa shape index (κ3) is 5.16. The predicted octanol–water partition coefficient (Wildman–Crippen LogP) is 2.43. The Labute approximate surface area is 154 Å². The van der Waals surface area contributed by atoms with Gasteiger partial charge in [0.15, 0.2) is 5.96 Å². The van der Waals surface area contributed by atoms with E-state index in [1.807, 2.05) is 37.1 Å². The Kier molecular flexibility index (Phi) is 7.35. The second kappa shape index (κ2) is 9.72. The predicted molar refractivity (Wildman–Crippen MR) is 101 cm³/mol. The van der Waals surface area contributed by atoms with Crippen molar-refractivity contribution in [2.24, 2.45) is 4.99 Å². The summed E-state index contributed by atoms with van der Waals surface area (Å²) in [5.41, 5.74) is 1.01. The second-order valence-electron chi connectivity index (χ2n) is 5.76. The molecule has 1 heterocycles. The molecule has 0 saturated heterocycles. The van der Waals surface area contributed by atoms with E-state index in [0.29, 0.717) is 18.3 Å². The molecule has 0 spiro atoms. The fourth-order valence-corrected chi connectivity index (χ4v) is 2.53. The fourth-order valence-electron chi connectivity index (χ4n) is 2.53. The van der Waals surface area contributed by atoms with Crippen LogP contribution in [0.3, 0.4) is 0 Å². The lowest BCUT2D eigenvalue weighted by Crippen LogP contribution is -2.38. The number of nitrogens with one attached hydrogen (secondary N) is 1. The molecule has 1 aromatic carbocycles. The van der Waals surface area contributed by atoms with E-state index in [1.165, 1.54) is 6.26 Å². The zero-order valence-electron chi connectivity index (χ0n) is 15.7. The number of aliphatic hydroxyl groups is 1. The smallest absolute Gasteiger partial charge is 0.194 e. The molecule has 2 N–H and O–H groups in total. The van der Waals surface area contributed by atoms with Gasteiger partial charge in [-0.1, -0.05) is 0 Å². The Balaban J connectivity index is 2.10. The van der Waals surface area contributed by atoms with Crippen LogP contribution in [0.1, 0.15) is 24.4 Å². The first-order chi connectivity index (χ1) is 12.6. The van der Waals surface area contributed by atoms with Crippen LogP contribution in [0, 0.1) is 0 Å². The molecule has 0 radical (unpaired) electrons. The zero-order valence-corrected chi connectivity index (χ0v) is 15.7. The van der Waals surface area contributed by atoms with Gasteiger partial charge in [-0.05, 0) is 31.2 Å². The van der Waals surface area contributed by atoms with Gasteiger partial charge in [0.25, 0.3) is 0 Å².